The number of ether oxygens (including phenoxy) is 1. The lowest BCUT2D eigenvalue weighted by Crippen LogP contribution is -2.47. The maximum absolute atomic E-state index is 12.6. The first-order valence-electron chi connectivity index (χ1n) is 9.12. The van der Waals surface area contributed by atoms with E-state index in [9.17, 15) is 4.79 Å². The number of rotatable bonds is 6. The molecule has 1 aliphatic carbocycles. The lowest BCUT2D eigenvalue weighted by molar-refractivity contribution is -0.0327. The third-order valence-electron chi connectivity index (χ3n) is 5.19. The van der Waals surface area contributed by atoms with Crippen molar-refractivity contribution in [3.8, 4) is 0 Å². The number of aromatic nitrogens is 1. The van der Waals surface area contributed by atoms with Gasteiger partial charge < -0.3 is 14.1 Å². The van der Waals surface area contributed by atoms with Crippen molar-refractivity contribution in [1.29, 1.82) is 0 Å². The Kier molecular flexibility index (Phi) is 4.83. The van der Waals surface area contributed by atoms with Gasteiger partial charge in [-0.15, -0.1) is 0 Å². The summed E-state index contributed by atoms with van der Waals surface area (Å²) in [7, 11) is 0. The van der Waals surface area contributed by atoms with Gasteiger partial charge in [-0.1, -0.05) is 30.3 Å². The molecule has 1 saturated carbocycles. The molecule has 25 heavy (non-hydrogen) atoms. The summed E-state index contributed by atoms with van der Waals surface area (Å²) in [6.45, 7) is 2.29. The minimum absolute atomic E-state index is 0.0487. The van der Waals surface area contributed by atoms with Crippen molar-refractivity contribution in [2.45, 2.75) is 31.8 Å². The Morgan fingerprint density at radius 2 is 2.08 bits per heavy atom. The van der Waals surface area contributed by atoms with E-state index in [2.05, 4.69) is 29.2 Å². The lowest BCUT2D eigenvalue weighted by atomic mass is 9.88. The van der Waals surface area contributed by atoms with E-state index in [1.165, 1.54) is 31.1 Å². The first kappa shape index (κ1) is 16.3. The maximum atomic E-state index is 12.6. The van der Waals surface area contributed by atoms with Crippen LogP contribution in [-0.2, 0) is 11.2 Å². The number of benzene rings is 1. The summed E-state index contributed by atoms with van der Waals surface area (Å²) in [5.74, 6) is 1.02. The number of likely N-dealkylation sites (tertiary alicyclic amines) is 1. The summed E-state index contributed by atoms with van der Waals surface area (Å²) < 4.78 is 11.2. The van der Waals surface area contributed by atoms with Gasteiger partial charge in [-0.25, -0.2) is 4.98 Å². The quantitative estimate of drug-likeness (QED) is 0.810. The topological polar surface area (TPSA) is 55.6 Å². The van der Waals surface area contributed by atoms with Crippen molar-refractivity contribution in [3.05, 3.63) is 54.2 Å². The summed E-state index contributed by atoms with van der Waals surface area (Å²) in [6.07, 6.45) is 7.36. The Morgan fingerprint density at radius 1 is 1.24 bits per heavy atom. The molecule has 1 amide bonds. The number of amides is 1. The van der Waals surface area contributed by atoms with Gasteiger partial charge in [-0.3, -0.25) is 4.79 Å². The molecule has 2 fully saturated rings. The number of hydrogen-bond acceptors (Lipinski definition) is 4. The molecule has 2 heterocycles. The van der Waals surface area contributed by atoms with Crippen LogP contribution in [0, 0.1) is 11.8 Å². The van der Waals surface area contributed by atoms with E-state index in [4.69, 9.17) is 9.15 Å². The molecule has 5 nitrogen and oxygen atoms in total. The van der Waals surface area contributed by atoms with Gasteiger partial charge in [0.15, 0.2) is 12.1 Å². The van der Waals surface area contributed by atoms with Gasteiger partial charge >= 0.3 is 0 Å². The Balaban J connectivity index is 1.45. The maximum Gasteiger partial charge on any atom is 0.275 e. The summed E-state index contributed by atoms with van der Waals surface area (Å²) in [6, 6.07) is 10.5. The Labute approximate surface area is 148 Å². The number of oxazole rings is 1. The molecule has 1 aliphatic heterocycles. The molecule has 1 saturated heterocycles. The van der Waals surface area contributed by atoms with Crippen LogP contribution >= 0.6 is 0 Å². The number of piperidine rings is 1. The second-order valence-corrected chi connectivity index (χ2v) is 7.18. The molecule has 0 unspecified atom stereocenters. The van der Waals surface area contributed by atoms with Crippen molar-refractivity contribution in [2.75, 3.05) is 19.7 Å². The average molecular weight is 340 g/mol. The fourth-order valence-corrected chi connectivity index (χ4v) is 3.55. The predicted octanol–water partition coefficient (Wildman–Crippen LogP) is 3.17. The molecule has 4 rings (SSSR count). The van der Waals surface area contributed by atoms with E-state index in [-0.39, 0.29) is 12.0 Å². The van der Waals surface area contributed by atoms with Crippen LogP contribution in [0.25, 0.3) is 0 Å². The first-order valence-corrected chi connectivity index (χ1v) is 9.12. The van der Waals surface area contributed by atoms with E-state index >= 15 is 0 Å². The van der Waals surface area contributed by atoms with Gasteiger partial charge in [0.2, 0.25) is 0 Å². The molecule has 5 heteroatoms. The third-order valence-corrected chi connectivity index (χ3v) is 5.19. The molecule has 1 aromatic carbocycles. The van der Waals surface area contributed by atoms with Gasteiger partial charge in [0.05, 0.1) is 6.10 Å². The van der Waals surface area contributed by atoms with Crippen LogP contribution in [0.4, 0.5) is 0 Å². The van der Waals surface area contributed by atoms with Crippen molar-refractivity contribution in [3.63, 3.8) is 0 Å². The fourth-order valence-electron chi connectivity index (χ4n) is 3.55. The van der Waals surface area contributed by atoms with Crippen molar-refractivity contribution in [2.24, 2.45) is 11.8 Å². The number of nitrogens with zero attached hydrogens (tertiary/aromatic N) is 2. The van der Waals surface area contributed by atoms with Crippen LogP contribution in [-0.4, -0.2) is 41.6 Å². The van der Waals surface area contributed by atoms with Crippen LogP contribution in [0.15, 0.2) is 47.4 Å². The lowest BCUT2D eigenvalue weighted by Gasteiger charge is -2.38. The fraction of sp³-hybridized carbons (Fsp3) is 0.500. The van der Waals surface area contributed by atoms with E-state index in [1.807, 2.05) is 11.0 Å². The van der Waals surface area contributed by atoms with E-state index in [0.717, 1.165) is 25.4 Å². The first-order chi connectivity index (χ1) is 12.3. The van der Waals surface area contributed by atoms with E-state index in [0.29, 0.717) is 24.7 Å². The van der Waals surface area contributed by atoms with Crippen molar-refractivity contribution >= 4 is 5.91 Å². The number of carbonyl (C=O) groups is 1. The van der Waals surface area contributed by atoms with Crippen LogP contribution in [0.2, 0.25) is 0 Å². The smallest absolute Gasteiger partial charge is 0.275 e. The monoisotopic (exact) mass is 340 g/mol. The zero-order valence-corrected chi connectivity index (χ0v) is 14.3. The van der Waals surface area contributed by atoms with Gasteiger partial charge in [-0.05, 0) is 37.2 Å². The highest BCUT2D eigenvalue weighted by molar-refractivity contribution is 5.91. The Bertz CT molecular complexity index is 682. The molecule has 2 aliphatic rings. The molecular formula is C20H24N2O3. The molecule has 0 N–H and O–H groups in total. The minimum atomic E-state index is -0.0487. The Morgan fingerprint density at radius 3 is 2.80 bits per heavy atom. The van der Waals surface area contributed by atoms with Gasteiger partial charge in [0.1, 0.15) is 6.26 Å². The van der Waals surface area contributed by atoms with E-state index in [1.54, 1.807) is 0 Å². The van der Waals surface area contributed by atoms with Crippen LogP contribution < -0.4 is 0 Å². The minimum Gasteiger partial charge on any atom is -0.451 e. The average Bonchev–Trinajstić information content (AvgIpc) is 3.31. The summed E-state index contributed by atoms with van der Waals surface area (Å²) in [5.41, 5.74) is 1.68. The molecular weight excluding hydrogens is 316 g/mol. The zero-order chi connectivity index (χ0) is 17.1. The standard InChI is InChI=1S/C20H24N2O3/c23-20(18-13-24-14-21-18)22-9-8-19(25-12-16-6-7-16)17(11-22)10-15-4-2-1-3-5-15/h1-5,13-14,16-17,19H,6-12H2/t17-,19+/m0/s1. The Hall–Kier alpha value is -2.14. The largest absolute Gasteiger partial charge is 0.451 e. The molecule has 0 bridgehead atoms. The molecule has 132 valence electrons. The van der Waals surface area contributed by atoms with Crippen molar-refractivity contribution in [1.82, 2.24) is 9.88 Å². The molecule has 2 aromatic rings. The summed E-state index contributed by atoms with van der Waals surface area (Å²) >= 11 is 0. The van der Waals surface area contributed by atoms with E-state index < -0.39 is 0 Å². The molecule has 1 aromatic heterocycles. The number of carbonyl (C=O) groups excluding carboxylic acids is 1. The van der Waals surface area contributed by atoms with Crippen LogP contribution in [0.1, 0.15) is 35.3 Å². The highest BCUT2D eigenvalue weighted by atomic mass is 16.5. The zero-order valence-electron chi connectivity index (χ0n) is 14.3. The second-order valence-electron chi connectivity index (χ2n) is 7.18. The number of hydrogen-bond donors (Lipinski definition) is 0. The van der Waals surface area contributed by atoms with Crippen molar-refractivity contribution < 1.29 is 13.9 Å². The summed E-state index contributed by atoms with van der Waals surface area (Å²) in [4.78, 5) is 18.5. The normalized spacial score (nSPS) is 23.6. The van der Waals surface area contributed by atoms with Crippen LogP contribution in [0.3, 0.4) is 0 Å². The van der Waals surface area contributed by atoms with Gasteiger partial charge in [0.25, 0.3) is 5.91 Å². The van der Waals surface area contributed by atoms with Crippen LogP contribution in [0.5, 0.6) is 0 Å². The highest BCUT2D eigenvalue weighted by Gasteiger charge is 2.34. The SMILES string of the molecule is O=C(c1cocn1)N1CC[C@@H](OCC2CC2)[C@@H](Cc2ccccc2)C1. The molecule has 2 atom stereocenters. The van der Waals surface area contributed by atoms with Gasteiger partial charge in [0, 0.05) is 25.6 Å². The third kappa shape index (κ3) is 4.10. The van der Waals surface area contributed by atoms with Gasteiger partial charge in [-0.2, -0.15) is 0 Å². The predicted molar refractivity (Wildman–Crippen MR) is 93.1 cm³/mol. The summed E-state index contributed by atoms with van der Waals surface area (Å²) in [5, 5.41) is 0. The second kappa shape index (κ2) is 7.40. The molecule has 0 spiro atoms. The molecule has 0 radical (unpaired) electrons. The highest BCUT2D eigenvalue weighted by Crippen LogP contribution is 2.32.